The van der Waals surface area contributed by atoms with Crippen molar-refractivity contribution in [1.82, 2.24) is 5.32 Å². The topological polar surface area (TPSA) is 78.8 Å². The number of thiol groups is 1. The van der Waals surface area contributed by atoms with Crippen molar-refractivity contribution in [1.29, 1.82) is 0 Å². The number of rotatable bonds is 5. The van der Waals surface area contributed by atoms with Crippen molar-refractivity contribution in [3.05, 3.63) is 29.3 Å². The molecule has 1 aromatic rings. The first-order valence-corrected chi connectivity index (χ1v) is 7.48. The summed E-state index contributed by atoms with van der Waals surface area (Å²) in [5, 5.41) is 21.1. The van der Waals surface area contributed by atoms with E-state index in [4.69, 9.17) is 4.74 Å². The van der Waals surface area contributed by atoms with Gasteiger partial charge in [0.15, 0.2) is 0 Å². The number of carbonyl (C=O) groups is 1. The summed E-state index contributed by atoms with van der Waals surface area (Å²) in [6.07, 6.45) is 0.403. The fourth-order valence-corrected chi connectivity index (χ4v) is 2.60. The second kappa shape index (κ2) is 6.72. The first kappa shape index (κ1) is 16.2. The van der Waals surface area contributed by atoms with E-state index in [1.165, 1.54) is 0 Å². The number of aryl methyl sites for hydroxylation is 1. The van der Waals surface area contributed by atoms with Crippen molar-refractivity contribution in [2.75, 3.05) is 6.61 Å². The number of ether oxygens (including phenoxy) is 1. The molecular formula is C14H20BNO4S. The fraction of sp³-hybridized carbons (Fsp3) is 0.500. The van der Waals surface area contributed by atoms with Gasteiger partial charge in [-0.15, -0.1) is 0 Å². The number of fused-ring (bicyclic) bond motifs is 1. The number of hydrogen-bond donors (Lipinski definition) is 4. The van der Waals surface area contributed by atoms with E-state index in [1.807, 2.05) is 25.1 Å². The maximum Gasteiger partial charge on any atom is 0.475 e. The first-order chi connectivity index (χ1) is 9.90. The zero-order valence-corrected chi connectivity index (χ0v) is 13.0. The van der Waals surface area contributed by atoms with Crippen molar-refractivity contribution in [2.45, 2.75) is 37.4 Å². The molecule has 2 rings (SSSR count). The number of hydrogen-bond acceptors (Lipinski definition) is 5. The van der Waals surface area contributed by atoms with Crippen LogP contribution in [0.2, 0.25) is 0 Å². The minimum absolute atomic E-state index is 0.0298. The third kappa shape index (κ3) is 3.72. The van der Waals surface area contributed by atoms with Gasteiger partial charge in [-0.05, 0) is 25.8 Å². The lowest BCUT2D eigenvalue weighted by molar-refractivity contribution is -0.120. The zero-order chi connectivity index (χ0) is 15.6. The standard InChI is InChI=1S/C14H20BNO4S/c1-8-4-3-5-11-10(7-20-13(8)11)6-12(15(18)19)16-14(17)9(2)21/h3-5,9-10,12,18-19,21H,6-7H2,1-2H3,(H,16,17)/t9?,10?,12-/m0/s1. The largest absolute Gasteiger partial charge is 0.492 e. The van der Waals surface area contributed by atoms with Gasteiger partial charge < -0.3 is 20.1 Å². The Labute approximate surface area is 130 Å². The SMILES string of the molecule is Cc1cccc2c1OCC2C[C@H](NC(=O)C(C)S)B(O)O. The molecule has 0 saturated heterocycles. The summed E-state index contributed by atoms with van der Waals surface area (Å²) in [5.74, 6) is -0.170. The first-order valence-electron chi connectivity index (χ1n) is 6.97. The fourth-order valence-electron chi connectivity index (χ4n) is 2.53. The van der Waals surface area contributed by atoms with E-state index in [0.717, 1.165) is 16.9 Å². The van der Waals surface area contributed by atoms with E-state index >= 15 is 0 Å². The molecule has 0 aromatic heterocycles. The summed E-state index contributed by atoms with van der Waals surface area (Å²) in [5.41, 5.74) is 2.11. The van der Waals surface area contributed by atoms with E-state index in [1.54, 1.807) is 6.92 Å². The molecule has 114 valence electrons. The lowest BCUT2D eigenvalue weighted by Gasteiger charge is -2.21. The minimum Gasteiger partial charge on any atom is -0.492 e. The number of nitrogens with one attached hydrogen (secondary N) is 1. The predicted molar refractivity (Wildman–Crippen MR) is 84.6 cm³/mol. The van der Waals surface area contributed by atoms with Gasteiger partial charge in [0.05, 0.1) is 17.8 Å². The van der Waals surface area contributed by atoms with Crippen molar-refractivity contribution in [2.24, 2.45) is 0 Å². The van der Waals surface area contributed by atoms with Gasteiger partial charge in [0.2, 0.25) is 5.91 Å². The molecule has 1 aromatic carbocycles. The van der Waals surface area contributed by atoms with Crippen LogP contribution in [0.1, 0.15) is 30.4 Å². The highest BCUT2D eigenvalue weighted by Crippen LogP contribution is 2.38. The average molecular weight is 309 g/mol. The Morgan fingerprint density at radius 3 is 2.90 bits per heavy atom. The second-order valence-electron chi connectivity index (χ2n) is 5.44. The Kier molecular flexibility index (Phi) is 5.19. The van der Waals surface area contributed by atoms with E-state index < -0.39 is 18.3 Å². The lowest BCUT2D eigenvalue weighted by atomic mass is 9.73. The van der Waals surface area contributed by atoms with Crippen molar-refractivity contribution in [3.63, 3.8) is 0 Å². The van der Waals surface area contributed by atoms with Crippen molar-refractivity contribution >= 4 is 25.7 Å². The molecule has 0 aliphatic carbocycles. The summed E-state index contributed by atoms with van der Waals surface area (Å²) in [4.78, 5) is 11.7. The third-order valence-corrected chi connectivity index (χ3v) is 3.95. The molecule has 2 unspecified atom stereocenters. The van der Waals surface area contributed by atoms with E-state index in [2.05, 4.69) is 17.9 Å². The van der Waals surface area contributed by atoms with Crippen LogP contribution in [0.5, 0.6) is 5.75 Å². The number of carbonyl (C=O) groups excluding carboxylic acids is 1. The summed E-state index contributed by atoms with van der Waals surface area (Å²) >= 11 is 4.04. The van der Waals surface area contributed by atoms with Gasteiger partial charge in [-0.25, -0.2) is 0 Å². The van der Waals surface area contributed by atoms with Crippen LogP contribution in [-0.4, -0.2) is 40.9 Å². The number of amides is 1. The van der Waals surface area contributed by atoms with Crippen LogP contribution in [-0.2, 0) is 4.79 Å². The van der Waals surface area contributed by atoms with Crippen molar-refractivity contribution < 1.29 is 19.6 Å². The van der Waals surface area contributed by atoms with Gasteiger partial charge in [0.1, 0.15) is 5.75 Å². The maximum atomic E-state index is 11.7. The zero-order valence-electron chi connectivity index (χ0n) is 12.1. The van der Waals surface area contributed by atoms with E-state index in [0.29, 0.717) is 13.0 Å². The Morgan fingerprint density at radius 2 is 2.29 bits per heavy atom. The van der Waals surface area contributed by atoms with Crippen LogP contribution in [0.3, 0.4) is 0 Å². The molecule has 0 saturated carbocycles. The number of para-hydroxylation sites is 1. The van der Waals surface area contributed by atoms with Crippen LogP contribution in [0.25, 0.3) is 0 Å². The second-order valence-corrected chi connectivity index (χ2v) is 6.22. The minimum atomic E-state index is -1.62. The van der Waals surface area contributed by atoms with Gasteiger partial charge in [-0.3, -0.25) is 4.79 Å². The number of benzene rings is 1. The Hall–Kier alpha value is -1.18. The Balaban J connectivity index is 2.10. The summed E-state index contributed by atoms with van der Waals surface area (Å²) in [6, 6.07) is 5.91. The van der Waals surface area contributed by atoms with Crippen LogP contribution >= 0.6 is 12.6 Å². The molecule has 1 aliphatic heterocycles. The Morgan fingerprint density at radius 1 is 1.57 bits per heavy atom. The molecule has 1 aliphatic rings. The summed E-state index contributed by atoms with van der Waals surface area (Å²) in [6.45, 7) is 4.09. The molecule has 1 amide bonds. The Bertz CT molecular complexity index is 524. The maximum absolute atomic E-state index is 11.7. The van der Waals surface area contributed by atoms with E-state index in [-0.39, 0.29) is 11.8 Å². The predicted octanol–water partition coefficient (Wildman–Crippen LogP) is 0.676. The van der Waals surface area contributed by atoms with Gasteiger partial charge in [-0.2, -0.15) is 12.6 Å². The molecule has 3 atom stereocenters. The van der Waals surface area contributed by atoms with Gasteiger partial charge in [-0.1, -0.05) is 18.2 Å². The molecule has 0 fully saturated rings. The monoisotopic (exact) mass is 309 g/mol. The molecule has 0 radical (unpaired) electrons. The van der Waals surface area contributed by atoms with Gasteiger partial charge in [0.25, 0.3) is 0 Å². The van der Waals surface area contributed by atoms with E-state index in [9.17, 15) is 14.8 Å². The third-order valence-electron chi connectivity index (χ3n) is 3.72. The van der Waals surface area contributed by atoms with Crippen LogP contribution < -0.4 is 10.1 Å². The quantitative estimate of drug-likeness (QED) is 0.476. The van der Waals surface area contributed by atoms with Gasteiger partial charge in [0, 0.05) is 11.5 Å². The summed E-state index contributed by atoms with van der Waals surface area (Å²) < 4.78 is 5.68. The molecule has 5 nitrogen and oxygen atoms in total. The highest BCUT2D eigenvalue weighted by atomic mass is 32.1. The normalized spacial score (nSPS) is 19.4. The highest BCUT2D eigenvalue weighted by molar-refractivity contribution is 7.81. The molecule has 21 heavy (non-hydrogen) atoms. The average Bonchev–Trinajstić information content (AvgIpc) is 2.82. The molecule has 7 heteroatoms. The van der Waals surface area contributed by atoms with Crippen LogP contribution in [0, 0.1) is 6.92 Å². The molecule has 3 N–H and O–H groups in total. The highest BCUT2D eigenvalue weighted by Gasteiger charge is 2.33. The molecule has 0 bridgehead atoms. The van der Waals surface area contributed by atoms with Crippen LogP contribution in [0.4, 0.5) is 0 Å². The lowest BCUT2D eigenvalue weighted by Crippen LogP contribution is -2.49. The molecule has 0 spiro atoms. The smallest absolute Gasteiger partial charge is 0.475 e. The molecular weight excluding hydrogens is 289 g/mol. The van der Waals surface area contributed by atoms with Crippen LogP contribution in [0.15, 0.2) is 18.2 Å². The van der Waals surface area contributed by atoms with Crippen molar-refractivity contribution in [3.8, 4) is 5.75 Å². The summed E-state index contributed by atoms with van der Waals surface area (Å²) in [7, 11) is -1.62. The van der Waals surface area contributed by atoms with Gasteiger partial charge >= 0.3 is 7.12 Å². The molecule has 1 heterocycles.